The van der Waals surface area contributed by atoms with Crippen molar-refractivity contribution in [3.63, 3.8) is 0 Å². The van der Waals surface area contributed by atoms with E-state index in [1.165, 1.54) is 12.1 Å². The molecule has 0 unspecified atom stereocenters. The number of halogens is 1. The van der Waals surface area contributed by atoms with Crippen LogP contribution in [0.3, 0.4) is 0 Å². The molecule has 0 aliphatic heterocycles. The van der Waals surface area contributed by atoms with Crippen LogP contribution in [0.5, 0.6) is 0 Å². The molecule has 0 atom stereocenters. The third-order valence-electron chi connectivity index (χ3n) is 2.43. The van der Waals surface area contributed by atoms with Crippen molar-refractivity contribution < 1.29 is 9.31 Å². The van der Waals surface area contributed by atoms with Gasteiger partial charge in [0.2, 0.25) is 0 Å². The minimum Gasteiger partial charge on any atom is -0.379 e. The van der Waals surface area contributed by atoms with E-state index in [1.54, 1.807) is 0 Å². The van der Waals surface area contributed by atoms with Gasteiger partial charge in [0.1, 0.15) is 11.5 Å². The van der Waals surface area contributed by atoms with Crippen molar-refractivity contribution in [2.45, 2.75) is 12.8 Å². The number of nitrogens with zero attached hydrogens (tertiary/aromatic N) is 1. The van der Waals surface area contributed by atoms with Crippen molar-refractivity contribution >= 4 is 11.4 Å². The Balaban J connectivity index is 2.16. The molecule has 4 nitrogen and oxygen atoms in total. The van der Waals surface area contributed by atoms with Crippen LogP contribution in [0.1, 0.15) is 12.8 Å². The van der Waals surface area contributed by atoms with Crippen molar-refractivity contribution in [3.8, 4) is 0 Å². The second-order valence-electron chi connectivity index (χ2n) is 3.74. The first-order valence-corrected chi connectivity index (χ1v) is 4.84. The largest absolute Gasteiger partial charge is 0.379 e. The average Bonchev–Trinajstić information content (AvgIpc) is 2.97. The molecule has 1 aromatic carbocycles. The van der Waals surface area contributed by atoms with E-state index in [2.05, 4.69) is 5.32 Å². The van der Waals surface area contributed by atoms with Crippen molar-refractivity contribution in [3.05, 3.63) is 34.1 Å². The van der Waals surface area contributed by atoms with Gasteiger partial charge in [0.25, 0.3) is 5.69 Å². The Labute approximate surface area is 86.3 Å². The molecule has 80 valence electrons. The van der Waals surface area contributed by atoms with Crippen LogP contribution in [0, 0.1) is 21.8 Å². The van der Waals surface area contributed by atoms with Gasteiger partial charge in [-0.15, -0.1) is 0 Å². The Bertz CT molecular complexity index is 391. The smallest absolute Gasteiger partial charge is 0.292 e. The number of anilines is 1. The number of rotatable bonds is 4. The van der Waals surface area contributed by atoms with Crippen LogP contribution < -0.4 is 5.32 Å². The summed E-state index contributed by atoms with van der Waals surface area (Å²) in [6, 6.07) is 3.45. The van der Waals surface area contributed by atoms with E-state index in [9.17, 15) is 14.5 Å². The standard InChI is InChI=1S/C10H11FN2O2/c11-8-3-4-10(13(14)15)9(5-8)12-6-7-1-2-7/h3-5,7,12H,1-2,6H2. The maximum Gasteiger partial charge on any atom is 0.292 e. The van der Waals surface area contributed by atoms with Crippen LogP contribution in [0.4, 0.5) is 15.8 Å². The Morgan fingerprint density at radius 3 is 2.87 bits per heavy atom. The van der Waals surface area contributed by atoms with Crippen LogP contribution in [0.15, 0.2) is 18.2 Å². The SMILES string of the molecule is O=[N+]([O-])c1ccc(F)cc1NCC1CC1. The summed E-state index contributed by atoms with van der Waals surface area (Å²) in [6.07, 6.45) is 2.30. The normalized spacial score (nSPS) is 15.0. The Morgan fingerprint density at radius 1 is 1.53 bits per heavy atom. The summed E-state index contributed by atoms with van der Waals surface area (Å²) in [5.41, 5.74) is 0.198. The van der Waals surface area contributed by atoms with Crippen LogP contribution >= 0.6 is 0 Å². The highest BCUT2D eigenvalue weighted by Crippen LogP contribution is 2.31. The van der Waals surface area contributed by atoms with Gasteiger partial charge in [-0.25, -0.2) is 4.39 Å². The zero-order chi connectivity index (χ0) is 10.8. The van der Waals surface area contributed by atoms with Crippen LogP contribution in [0.25, 0.3) is 0 Å². The molecule has 5 heteroatoms. The van der Waals surface area contributed by atoms with E-state index in [-0.39, 0.29) is 11.4 Å². The van der Waals surface area contributed by atoms with Gasteiger partial charge in [0.15, 0.2) is 0 Å². The Morgan fingerprint density at radius 2 is 2.27 bits per heavy atom. The fourth-order valence-electron chi connectivity index (χ4n) is 1.39. The molecular formula is C10H11FN2O2. The maximum absolute atomic E-state index is 12.9. The summed E-state index contributed by atoms with van der Waals surface area (Å²) in [5.74, 6) is 0.131. The number of nitrogens with one attached hydrogen (secondary N) is 1. The molecule has 1 aromatic rings. The molecule has 2 rings (SSSR count). The first-order valence-electron chi connectivity index (χ1n) is 4.84. The summed E-state index contributed by atoms with van der Waals surface area (Å²) in [4.78, 5) is 10.1. The molecule has 0 bridgehead atoms. The van der Waals surface area contributed by atoms with Crippen LogP contribution in [0.2, 0.25) is 0 Å². The predicted molar refractivity (Wildman–Crippen MR) is 54.3 cm³/mol. The predicted octanol–water partition coefficient (Wildman–Crippen LogP) is 2.56. The highest BCUT2D eigenvalue weighted by Gasteiger charge is 2.22. The summed E-state index contributed by atoms with van der Waals surface area (Å²) in [5, 5.41) is 13.6. The second-order valence-corrected chi connectivity index (χ2v) is 3.74. The number of benzene rings is 1. The molecule has 1 fully saturated rings. The lowest BCUT2D eigenvalue weighted by molar-refractivity contribution is -0.384. The van der Waals surface area contributed by atoms with Gasteiger partial charge in [0.05, 0.1) is 4.92 Å². The van der Waals surface area contributed by atoms with Gasteiger partial charge >= 0.3 is 0 Å². The summed E-state index contributed by atoms with van der Waals surface area (Å²) in [6.45, 7) is 0.685. The molecule has 1 aliphatic rings. The van der Waals surface area contributed by atoms with Crippen molar-refractivity contribution in [1.29, 1.82) is 0 Å². The second kappa shape index (κ2) is 3.84. The molecule has 0 amide bonds. The third-order valence-corrected chi connectivity index (χ3v) is 2.43. The van der Waals surface area contributed by atoms with E-state index < -0.39 is 10.7 Å². The zero-order valence-corrected chi connectivity index (χ0v) is 8.07. The lowest BCUT2D eigenvalue weighted by Gasteiger charge is -2.05. The van der Waals surface area contributed by atoms with E-state index in [1.807, 2.05) is 0 Å². The van der Waals surface area contributed by atoms with Gasteiger partial charge in [-0.1, -0.05) is 0 Å². The van der Waals surface area contributed by atoms with E-state index in [4.69, 9.17) is 0 Å². The summed E-state index contributed by atoms with van der Waals surface area (Å²) in [7, 11) is 0. The lowest BCUT2D eigenvalue weighted by atomic mass is 10.2. The highest BCUT2D eigenvalue weighted by atomic mass is 19.1. The van der Waals surface area contributed by atoms with E-state index in [0.29, 0.717) is 12.5 Å². The average molecular weight is 210 g/mol. The van der Waals surface area contributed by atoms with Gasteiger partial charge in [-0.2, -0.15) is 0 Å². The molecule has 1 N–H and O–H groups in total. The van der Waals surface area contributed by atoms with Gasteiger partial charge in [-0.3, -0.25) is 10.1 Å². The molecule has 0 heterocycles. The number of nitro groups is 1. The third kappa shape index (κ3) is 2.43. The fourth-order valence-corrected chi connectivity index (χ4v) is 1.39. The Kier molecular flexibility index (Phi) is 2.53. The van der Waals surface area contributed by atoms with Crippen LogP contribution in [-0.4, -0.2) is 11.5 Å². The highest BCUT2D eigenvalue weighted by molar-refractivity contribution is 5.61. The van der Waals surface area contributed by atoms with Crippen LogP contribution in [-0.2, 0) is 0 Å². The lowest BCUT2D eigenvalue weighted by Crippen LogP contribution is -2.05. The number of hydrogen-bond acceptors (Lipinski definition) is 3. The van der Waals surface area contributed by atoms with Crippen molar-refractivity contribution in [1.82, 2.24) is 0 Å². The van der Waals surface area contributed by atoms with Gasteiger partial charge < -0.3 is 5.32 Å². The first-order chi connectivity index (χ1) is 7.16. The first kappa shape index (κ1) is 9.89. The Hall–Kier alpha value is -1.65. The van der Waals surface area contributed by atoms with E-state index >= 15 is 0 Å². The minimum absolute atomic E-state index is 0.0722. The molecule has 1 aliphatic carbocycles. The zero-order valence-electron chi connectivity index (χ0n) is 8.07. The molecule has 0 aromatic heterocycles. The topological polar surface area (TPSA) is 55.2 Å². The molecular weight excluding hydrogens is 199 g/mol. The fraction of sp³-hybridized carbons (Fsp3) is 0.400. The van der Waals surface area contributed by atoms with Crippen molar-refractivity contribution in [2.75, 3.05) is 11.9 Å². The molecule has 0 saturated heterocycles. The van der Waals surface area contributed by atoms with Gasteiger partial charge in [0, 0.05) is 18.7 Å². The molecule has 0 spiro atoms. The maximum atomic E-state index is 12.9. The molecule has 15 heavy (non-hydrogen) atoms. The summed E-state index contributed by atoms with van der Waals surface area (Å²) < 4.78 is 12.9. The molecule has 1 saturated carbocycles. The quantitative estimate of drug-likeness (QED) is 0.613. The summed E-state index contributed by atoms with van der Waals surface area (Å²) >= 11 is 0. The van der Waals surface area contributed by atoms with Gasteiger partial charge in [-0.05, 0) is 24.8 Å². The molecule has 0 radical (unpaired) electrons. The monoisotopic (exact) mass is 210 g/mol. The number of nitro benzene ring substituents is 1. The minimum atomic E-state index is -0.505. The van der Waals surface area contributed by atoms with Crippen molar-refractivity contribution in [2.24, 2.45) is 5.92 Å². The number of hydrogen-bond donors (Lipinski definition) is 1. The van der Waals surface area contributed by atoms with E-state index in [0.717, 1.165) is 18.9 Å².